The number of carbonyl (C=O) groups excluding carboxylic acids is 2. The number of nitrogens with zero attached hydrogens (tertiary/aromatic N) is 3. The van der Waals surface area contributed by atoms with Gasteiger partial charge in [-0.05, 0) is 37.5 Å². The average molecular weight is 602 g/mol. The van der Waals surface area contributed by atoms with Gasteiger partial charge in [0, 0.05) is 30.8 Å². The van der Waals surface area contributed by atoms with Crippen molar-refractivity contribution in [3.8, 4) is 5.88 Å². The van der Waals surface area contributed by atoms with Crippen LogP contribution in [0.5, 0.6) is 5.88 Å². The Balaban J connectivity index is 0.00000200. The Hall–Kier alpha value is -2.41. The number of halogens is 3. The van der Waals surface area contributed by atoms with Crippen LogP contribution in [0.15, 0.2) is 35.4 Å². The van der Waals surface area contributed by atoms with Crippen molar-refractivity contribution in [2.24, 2.45) is 5.92 Å². The minimum absolute atomic E-state index is 0. The molecule has 3 atom stereocenters. The standard InChI is InChI=1S/C24H25ClN6O4S.2ClH/c1-35-21-5-4-15-22(31-21)16(6-7-26-15)29-24(34)12-2-3-14(18(32)8-12)27-10-17-13(25)9-19-23(28-17)30-20(33)11-36-19;;/h4-7,9,12,14,18,27,32H,2-3,8,10-11H2,1H3,(H,26,29,34)(H,28,30,33);2*1H/t12-,14-,18-;;/m1../s1. The van der Waals surface area contributed by atoms with Crippen LogP contribution in [-0.4, -0.2) is 56.9 Å². The van der Waals surface area contributed by atoms with Gasteiger partial charge < -0.3 is 25.8 Å². The van der Waals surface area contributed by atoms with Gasteiger partial charge in [-0.2, -0.15) is 0 Å². The van der Waals surface area contributed by atoms with Gasteiger partial charge in [0.15, 0.2) is 0 Å². The number of hydrogen-bond acceptors (Lipinski definition) is 9. The second-order valence-corrected chi connectivity index (χ2v) is 10.2. The van der Waals surface area contributed by atoms with E-state index in [-0.39, 0.29) is 48.6 Å². The number of aliphatic hydroxyl groups excluding tert-OH is 1. The van der Waals surface area contributed by atoms with E-state index in [1.54, 1.807) is 30.5 Å². The molecule has 2 amide bonds. The zero-order valence-corrected chi connectivity index (χ0v) is 23.5. The third kappa shape index (κ3) is 6.59. The van der Waals surface area contributed by atoms with E-state index in [0.717, 1.165) is 4.90 Å². The maximum absolute atomic E-state index is 13.0. The third-order valence-electron chi connectivity index (χ3n) is 6.37. The Morgan fingerprint density at radius 3 is 2.84 bits per heavy atom. The molecule has 1 saturated carbocycles. The molecule has 38 heavy (non-hydrogen) atoms. The molecule has 1 aliphatic carbocycles. The minimum atomic E-state index is -0.714. The molecule has 204 valence electrons. The van der Waals surface area contributed by atoms with Gasteiger partial charge in [0.05, 0.1) is 45.8 Å². The van der Waals surface area contributed by atoms with Crippen LogP contribution >= 0.6 is 48.2 Å². The summed E-state index contributed by atoms with van der Waals surface area (Å²) < 4.78 is 5.19. The molecular weight excluding hydrogens is 575 g/mol. The highest BCUT2D eigenvalue weighted by molar-refractivity contribution is 8.00. The molecule has 0 aromatic carbocycles. The number of aromatic nitrogens is 3. The second kappa shape index (κ2) is 13.1. The number of anilines is 2. The summed E-state index contributed by atoms with van der Waals surface area (Å²) in [6.45, 7) is 0.335. The second-order valence-electron chi connectivity index (χ2n) is 8.73. The van der Waals surface area contributed by atoms with Crippen molar-refractivity contribution in [3.05, 3.63) is 41.2 Å². The van der Waals surface area contributed by atoms with Gasteiger partial charge in [-0.1, -0.05) is 11.6 Å². The van der Waals surface area contributed by atoms with Crippen molar-refractivity contribution in [3.63, 3.8) is 0 Å². The molecule has 0 spiro atoms. The summed E-state index contributed by atoms with van der Waals surface area (Å²) >= 11 is 7.79. The first-order chi connectivity index (χ1) is 17.4. The van der Waals surface area contributed by atoms with Crippen LogP contribution in [0.1, 0.15) is 25.0 Å². The molecule has 5 rings (SSSR count). The molecule has 1 fully saturated rings. The molecule has 2 aliphatic rings. The van der Waals surface area contributed by atoms with Gasteiger partial charge in [0.2, 0.25) is 17.7 Å². The molecule has 0 saturated heterocycles. The molecule has 0 radical (unpaired) electrons. The molecule has 3 aromatic rings. The van der Waals surface area contributed by atoms with Gasteiger partial charge in [0.1, 0.15) is 11.3 Å². The van der Waals surface area contributed by atoms with E-state index in [1.165, 1.54) is 18.9 Å². The summed E-state index contributed by atoms with van der Waals surface area (Å²) in [4.78, 5) is 38.7. The molecular formula is C24H27Cl3N6O4S. The van der Waals surface area contributed by atoms with Crippen molar-refractivity contribution in [2.75, 3.05) is 23.5 Å². The number of amides is 2. The number of methoxy groups -OCH3 is 1. The molecule has 14 heteroatoms. The smallest absolute Gasteiger partial charge is 0.235 e. The summed E-state index contributed by atoms with van der Waals surface area (Å²) in [6, 6.07) is 6.80. The van der Waals surface area contributed by atoms with Gasteiger partial charge in [-0.15, -0.1) is 36.6 Å². The summed E-state index contributed by atoms with van der Waals surface area (Å²) in [5.74, 6) is 0.676. The zero-order valence-electron chi connectivity index (χ0n) is 20.3. The zero-order chi connectivity index (χ0) is 25.2. The lowest BCUT2D eigenvalue weighted by molar-refractivity contribution is -0.122. The number of carbonyl (C=O) groups is 2. The van der Waals surface area contributed by atoms with Gasteiger partial charge in [0.25, 0.3) is 0 Å². The number of ether oxygens (including phenoxy) is 1. The fourth-order valence-electron chi connectivity index (χ4n) is 4.45. The topological polar surface area (TPSA) is 138 Å². The highest BCUT2D eigenvalue weighted by Gasteiger charge is 2.33. The lowest BCUT2D eigenvalue weighted by atomic mass is 9.83. The molecule has 10 nitrogen and oxygen atoms in total. The van der Waals surface area contributed by atoms with E-state index >= 15 is 0 Å². The summed E-state index contributed by atoms with van der Waals surface area (Å²) in [5, 5.41) is 20.3. The first-order valence-electron chi connectivity index (χ1n) is 11.6. The van der Waals surface area contributed by atoms with Crippen LogP contribution in [0.3, 0.4) is 0 Å². The van der Waals surface area contributed by atoms with E-state index in [1.807, 2.05) is 0 Å². The summed E-state index contributed by atoms with van der Waals surface area (Å²) in [7, 11) is 1.53. The average Bonchev–Trinajstić information content (AvgIpc) is 2.88. The van der Waals surface area contributed by atoms with Crippen LogP contribution in [0.4, 0.5) is 11.5 Å². The van der Waals surface area contributed by atoms with Crippen molar-refractivity contribution < 1.29 is 19.4 Å². The van der Waals surface area contributed by atoms with Crippen molar-refractivity contribution in [1.82, 2.24) is 20.3 Å². The monoisotopic (exact) mass is 600 g/mol. The van der Waals surface area contributed by atoms with E-state index < -0.39 is 6.10 Å². The number of aliphatic hydroxyl groups is 1. The SMILES string of the molecule is COc1ccc2nccc(NC(=O)[C@@H]3CC[C@@H](NCc4nc5c(cc4Cl)SCC(=O)N5)[C@H](O)C3)c2n1.Cl.Cl. The van der Waals surface area contributed by atoms with Crippen LogP contribution in [0.25, 0.3) is 11.0 Å². The van der Waals surface area contributed by atoms with Crippen LogP contribution in [0, 0.1) is 5.92 Å². The molecule has 1 aliphatic heterocycles. The first kappa shape index (κ1) is 30.1. The molecule has 4 N–H and O–H groups in total. The Bertz CT molecular complexity index is 1330. The fraction of sp³-hybridized carbons (Fsp3) is 0.375. The van der Waals surface area contributed by atoms with E-state index in [9.17, 15) is 14.7 Å². The molecule has 4 heterocycles. The van der Waals surface area contributed by atoms with Gasteiger partial charge in [-0.3, -0.25) is 14.6 Å². The summed E-state index contributed by atoms with van der Waals surface area (Å²) in [6.07, 6.45) is 2.44. The van der Waals surface area contributed by atoms with Crippen LogP contribution in [0.2, 0.25) is 5.02 Å². The van der Waals surface area contributed by atoms with E-state index in [0.29, 0.717) is 70.7 Å². The number of thioether (sulfide) groups is 1. The van der Waals surface area contributed by atoms with Crippen molar-refractivity contribution in [2.45, 2.75) is 42.8 Å². The number of fused-ring (bicyclic) bond motifs is 2. The highest BCUT2D eigenvalue weighted by atomic mass is 35.5. The maximum Gasteiger partial charge on any atom is 0.235 e. The summed E-state index contributed by atoms with van der Waals surface area (Å²) in [5.41, 5.74) is 2.34. The Labute approximate surface area is 240 Å². The maximum atomic E-state index is 13.0. The largest absolute Gasteiger partial charge is 0.481 e. The van der Waals surface area contributed by atoms with Crippen LogP contribution in [-0.2, 0) is 16.1 Å². The van der Waals surface area contributed by atoms with E-state index in [4.69, 9.17) is 16.3 Å². The predicted molar refractivity (Wildman–Crippen MR) is 152 cm³/mol. The number of hydrogen-bond donors (Lipinski definition) is 4. The Morgan fingerprint density at radius 2 is 2.08 bits per heavy atom. The lowest BCUT2D eigenvalue weighted by Crippen LogP contribution is -2.46. The van der Waals surface area contributed by atoms with Crippen molar-refractivity contribution in [1.29, 1.82) is 0 Å². The third-order valence-corrected chi connectivity index (χ3v) is 7.73. The predicted octanol–water partition coefficient (Wildman–Crippen LogP) is 3.83. The minimum Gasteiger partial charge on any atom is -0.481 e. The van der Waals surface area contributed by atoms with Crippen molar-refractivity contribution >= 4 is 82.5 Å². The number of pyridine rings is 3. The number of rotatable bonds is 6. The quantitative estimate of drug-likeness (QED) is 0.332. The molecule has 3 aromatic heterocycles. The molecule has 0 bridgehead atoms. The first-order valence-corrected chi connectivity index (χ1v) is 12.9. The normalized spacial score (nSPS) is 20.4. The Morgan fingerprint density at radius 1 is 1.26 bits per heavy atom. The van der Waals surface area contributed by atoms with E-state index in [2.05, 4.69) is 30.9 Å². The van der Waals surface area contributed by atoms with Crippen LogP contribution < -0.4 is 20.7 Å². The lowest BCUT2D eigenvalue weighted by Gasteiger charge is -2.33. The Kier molecular flexibility index (Phi) is 10.4. The number of nitrogens with one attached hydrogen (secondary N) is 3. The van der Waals surface area contributed by atoms with Gasteiger partial charge in [-0.25, -0.2) is 9.97 Å². The van der Waals surface area contributed by atoms with Gasteiger partial charge >= 0.3 is 0 Å². The molecule has 0 unspecified atom stereocenters. The fourth-order valence-corrected chi connectivity index (χ4v) is 5.53. The highest BCUT2D eigenvalue weighted by Crippen LogP contribution is 2.34.